The summed E-state index contributed by atoms with van der Waals surface area (Å²) in [6.45, 7) is 3.07. The molecule has 0 aliphatic carbocycles. The van der Waals surface area contributed by atoms with Crippen molar-refractivity contribution in [3.05, 3.63) is 75.8 Å². The molecule has 6 nitrogen and oxygen atoms in total. The third-order valence-electron chi connectivity index (χ3n) is 6.03. The van der Waals surface area contributed by atoms with Gasteiger partial charge < -0.3 is 19.6 Å². The van der Waals surface area contributed by atoms with Crippen LogP contribution in [0.1, 0.15) is 36.3 Å². The van der Waals surface area contributed by atoms with Crippen LogP contribution < -0.4 is 10.7 Å². The van der Waals surface area contributed by atoms with Gasteiger partial charge in [-0.25, -0.2) is 0 Å². The molecule has 1 aliphatic rings. The number of aromatic hydroxyl groups is 1. The van der Waals surface area contributed by atoms with E-state index < -0.39 is 16.6 Å². The lowest BCUT2D eigenvalue weighted by Crippen LogP contribution is -2.40. The molecule has 1 fully saturated rings. The number of aryl methyl sites for hydroxylation is 1. The Morgan fingerprint density at radius 2 is 1.84 bits per heavy atom. The number of hydrogen-bond acceptors (Lipinski definition) is 5. The second kappa shape index (κ2) is 8.94. The zero-order valence-electron chi connectivity index (χ0n) is 17.6. The molecule has 6 heteroatoms. The van der Waals surface area contributed by atoms with Gasteiger partial charge in [0.15, 0.2) is 5.76 Å². The fourth-order valence-electron chi connectivity index (χ4n) is 4.32. The van der Waals surface area contributed by atoms with Gasteiger partial charge in [-0.3, -0.25) is 9.59 Å². The highest BCUT2D eigenvalue weighted by Gasteiger charge is 2.41. The van der Waals surface area contributed by atoms with Crippen molar-refractivity contribution < 1.29 is 19.1 Å². The largest absolute Gasteiger partial charge is 0.502 e. The molecule has 1 aromatic heterocycles. The summed E-state index contributed by atoms with van der Waals surface area (Å²) in [7, 11) is 0. The first kappa shape index (κ1) is 21.1. The molecule has 31 heavy (non-hydrogen) atoms. The van der Waals surface area contributed by atoms with Gasteiger partial charge in [-0.2, -0.15) is 0 Å². The smallest absolute Gasteiger partial charge is 0.227 e. The van der Waals surface area contributed by atoms with Gasteiger partial charge in [0.25, 0.3) is 0 Å². The Balaban J connectivity index is 1.45. The van der Waals surface area contributed by atoms with Crippen LogP contribution in [-0.2, 0) is 21.4 Å². The molecule has 0 radical (unpaired) electrons. The first-order chi connectivity index (χ1) is 15.0. The van der Waals surface area contributed by atoms with Crippen molar-refractivity contribution in [2.45, 2.75) is 38.0 Å². The normalized spacial score (nSPS) is 15.6. The van der Waals surface area contributed by atoms with Crippen LogP contribution in [-0.4, -0.2) is 30.8 Å². The molecule has 0 bridgehead atoms. The van der Waals surface area contributed by atoms with Gasteiger partial charge in [0.05, 0.1) is 0 Å². The maximum atomic E-state index is 12.8. The second-order valence-corrected chi connectivity index (χ2v) is 8.25. The van der Waals surface area contributed by atoms with Gasteiger partial charge >= 0.3 is 0 Å². The molecule has 3 aromatic rings. The average molecular weight is 421 g/mol. The molecule has 0 atom stereocenters. The zero-order chi connectivity index (χ0) is 21.8. The maximum absolute atomic E-state index is 12.8. The Morgan fingerprint density at radius 1 is 1.10 bits per heavy atom. The van der Waals surface area contributed by atoms with Crippen LogP contribution in [0.25, 0.3) is 10.8 Å². The van der Waals surface area contributed by atoms with Gasteiger partial charge in [-0.1, -0.05) is 42.5 Å². The summed E-state index contributed by atoms with van der Waals surface area (Å²) in [6.07, 6.45) is 1.86. The monoisotopic (exact) mass is 421 g/mol. The van der Waals surface area contributed by atoms with Crippen molar-refractivity contribution in [2.24, 2.45) is 0 Å². The first-order valence-corrected chi connectivity index (χ1v) is 10.6. The number of hydrogen-bond donors (Lipinski definition) is 2. The van der Waals surface area contributed by atoms with Crippen molar-refractivity contribution in [3.63, 3.8) is 0 Å². The molecule has 1 aliphatic heterocycles. The topological polar surface area (TPSA) is 88.8 Å². The molecule has 1 saturated heterocycles. The van der Waals surface area contributed by atoms with Gasteiger partial charge in [0.2, 0.25) is 17.1 Å². The number of nitrogens with one attached hydrogen (secondary N) is 1. The van der Waals surface area contributed by atoms with E-state index >= 15 is 0 Å². The summed E-state index contributed by atoms with van der Waals surface area (Å²) in [5, 5.41) is 15.7. The fourth-order valence-corrected chi connectivity index (χ4v) is 4.32. The predicted octanol–water partition coefficient (Wildman–Crippen LogP) is 3.60. The number of rotatable bonds is 6. The lowest BCUT2D eigenvalue weighted by atomic mass is 9.74. The number of carbonyl (C=O) groups is 1. The van der Waals surface area contributed by atoms with Crippen LogP contribution in [0.15, 0.2) is 57.7 Å². The summed E-state index contributed by atoms with van der Waals surface area (Å²) in [5.41, 5.74) is -0.0796. The predicted molar refractivity (Wildman–Crippen MR) is 118 cm³/mol. The number of amides is 1. The summed E-state index contributed by atoms with van der Waals surface area (Å²) >= 11 is 0. The van der Waals surface area contributed by atoms with Crippen LogP contribution in [0.2, 0.25) is 0 Å². The third-order valence-corrected chi connectivity index (χ3v) is 6.03. The van der Waals surface area contributed by atoms with Gasteiger partial charge in [0, 0.05) is 37.7 Å². The van der Waals surface area contributed by atoms with E-state index in [2.05, 4.69) is 35.6 Å². The van der Waals surface area contributed by atoms with E-state index in [0.29, 0.717) is 38.4 Å². The minimum atomic E-state index is -0.749. The van der Waals surface area contributed by atoms with Crippen molar-refractivity contribution in [2.75, 3.05) is 19.8 Å². The van der Waals surface area contributed by atoms with E-state index in [1.165, 1.54) is 16.8 Å². The average Bonchev–Trinajstić information content (AvgIpc) is 2.76. The molecule has 1 amide bonds. The lowest BCUT2D eigenvalue weighted by molar-refractivity contribution is -0.123. The van der Waals surface area contributed by atoms with Crippen molar-refractivity contribution in [1.29, 1.82) is 0 Å². The van der Waals surface area contributed by atoms with E-state index in [1.54, 1.807) is 6.92 Å². The Morgan fingerprint density at radius 3 is 2.61 bits per heavy atom. The molecule has 162 valence electrons. The van der Waals surface area contributed by atoms with E-state index in [1.807, 2.05) is 12.1 Å². The number of fused-ring (bicyclic) bond motifs is 1. The fraction of sp³-hybridized carbons (Fsp3) is 0.360. The molecule has 0 spiro atoms. The molecule has 2 N–H and O–H groups in total. The zero-order valence-corrected chi connectivity index (χ0v) is 17.6. The standard InChI is InChI=1S/C25H27NO5/c1-17-14-21(27)23(29)24(31-17)25(9-12-30-13-10-25)16-22(28)26-11-8-18-6-7-19-4-2-3-5-20(19)15-18/h2-7,14-15,29H,8-13,16H2,1H3,(H,26,28). The number of ether oxygens (including phenoxy) is 1. The molecule has 4 rings (SSSR count). The highest BCUT2D eigenvalue weighted by molar-refractivity contribution is 5.83. The highest BCUT2D eigenvalue weighted by Crippen LogP contribution is 2.41. The molecular formula is C25H27NO5. The van der Waals surface area contributed by atoms with Crippen molar-refractivity contribution in [1.82, 2.24) is 5.32 Å². The van der Waals surface area contributed by atoms with Crippen molar-refractivity contribution >= 4 is 16.7 Å². The van der Waals surface area contributed by atoms with Crippen LogP contribution in [0, 0.1) is 6.92 Å². The number of benzene rings is 2. The van der Waals surface area contributed by atoms with Gasteiger partial charge in [-0.15, -0.1) is 0 Å². The summed E-state index contributed by atoms with van der Waals surface area (Å²) in [4.78, 5) is 24.9. The second-order valence-electron chi connectivity index (χ2n) is 8.25. The van der Waals surface area contributed by atoms with E-state index in [-0.39, 0.29) is 18.1 Å². The van der Waals surface area contributed by atoms with Gasteiger partial charge in [0.1, 0.15) is 5.76 Å². The van der Waals surface area contributed by atoms with Crippen LogP contribution in [0.4, 0.5) is 0 Å². The quantitative estimate of drug-likeness (QED) is 0.635. The van der Waals surface area contributed by atoms with Crippen LogP contribution >= 0.6 is 0 Å². The first-order valence-electron chi connectivity index (χ1n) is 10.6. The SMILES string of the molecule is Cc1cc(=O)c(O)c(C2(CC(=O)NCCc3ccc4ccccc4c3)CCOCC2)o1. The maximum Gasteiger partial charge on any atom is 0.227 e. The van der Waals surface area contributed by atoms with Crippen molar-refractivity contribution in [3.8, 4) is 5.75 Å². The highest BCUT2D eigenvalue weighted by atomic mass is 16.5. The summed E-state index contributed by atoms with van der Waals surface area (Å²) < 4.78 is 11.2. The van der Waals surface area contributed by atoms with E-state index in [4.69, 9.17) is 9.15 Å². The molecule has 0 unspecified atom stereocenters. The third kappa shape index (κ3) is 4.64. The lowest BCUT2D eigenvalue weighted by Gasteiger charge is -2.35. The van der Waals surface area contributed by atoms with E-state index in [9.17, 15) is 14.7 Å². The van der Waals surface area contributed by atoms with Gasteiger partial charge in [-0.05, 0) is 42.5 Å². The minimum Gasteiger partial charge on any atom is -0.502 e. The number of carbonyl (C=O) groups excluding carboxylic acids is 1. The minimum absolute atomic E-state index is 0.133. The molecule has 2 heterocycles. The molecule has 2 aromatic carbocycles. The Bertz CT molecular complexity index is 1140. The Kier molecular flexibility index (Phi) is 6.09. The molecule has 0 saturated carbocycles. The summed E-state index contributed by atoms with van der Waals surface area (Å²) in [5.74, 6) is 0.0774. The Labute approximate surface area is 180 Å². The Hall–Kier alpha value is -3.12. The molecular weight excluding hydrogens is 394 g/mol. The summed E-state index contributed by atoms with van der Waals surface area (Å²) in [6, 6.07) is 15.8. The van der Waals surface area contributed by atoms with E-state index in [0.717, 1.165) is 12.0 Å². The van der Waals surface area contributed by atoms with Crippen LogP contribution in [0.3, 0.4) is 0 Å². The van der Waals surface area contributed by atoms with Crippen LogP contribution in [0.5, 0.6) is 5.75 Å².